The zero-order valence-electron chi connectivity index (χ0n) is 15.6. The van der Waals surface area contributed by atoms with Gasteiger partial charge in [-0.2, -0.15) is 0 Å². The number of nitrogens with one attached hydrogen (secondary N) is 3. The third kappa shape index (κ3) is 6.34. The van der Waals surface area contributed by atoms with Crippen LogP contribution >= 0.6 is 23.2 Å². The molecule has 0 saturated carbocycles. The van der Waals surface area contributed by atoms with Crippen molar-refractivity contribution < 1.29 is 27.5 Å². The number of hydrogen-bond donors (Lipinski definition) is 3. The Balaban J connectivity index is 2.15. The Morgan fingerprint density at radius 1 is 1.07 bits per heavy atom. The minimum absolute atomic E-state index is 0.0611. The van der Waals surface area contributed by atoms with Gasteiger partial charge in [0.15, 0.2) is 6.61 Å². The molecule has 0 spiro atoms. The van der Waals surface area contributed by atoms with Crippen molar-refractivity contribution in [1.82, 2.24) is 10.6 Å². The van der Waals surface area contributed by atoms with E-state index < -0.39 is 34.5 Å². The molecule has 0 atom stereocenters. The number of anilines is 1. The highest BCUT2D eigenvalue weighted by atomic mass is 35.5. The molecular formula is C18H17Cl2N3O6S. The number of urea groups is 1. The van der Waals surface area contributed by atoms with Gasteiger partial charge >= 0.3 is 12.0 Å². The first-order valence-corrected chi connectivity index (χ1v) is 10.7. The number of carbonyl (C=O) groups excluding carboxylic acids is 3. The first-order valence-electron chi connectivity index (χ1n) is 8.45. The number of sulfonamides is 1. The Hall–Kier alpha value is -2.82. The summed E-state index contributed by atoms with van der Waals surface area (Å²) in [5, 5.41) is 4.41. The van der Waals surface area contributed by atoms with E-state index in [0.717, 1.165) is 0 Å². The molecule has 0 aliphatic heterocycles. The summed E-state index contributed by atoms with van der Waals surface area (Å²) in [4.78, 5) is 35.0. The van der Waals surface area contributed by atoms with Crippen molar-refractivity contribution in [2.24, 2.45) is 0 Å². The topological polar surface area (TPSA) is 131 Å². The molecule has 0 radical (unpaired) electrons. The number of ether oxygens (including phenoxy) is 1. The van der Waals surface area contributed by atoms with Crippen LogP contribution in [0, 0.1) is 0 Å². The zero-order chi connectivity index (χ0) is 22.3. The molecule has 9 nitrogen and oxygen atoms in total. The second-order valence-corrected chi connectivity index (χ2v) is 8.20. The van der Waals surface area contributed by atoms with Gasteiger partial charge in [-0.1, -0.05) is 35.3 Å². The van der Waals surface area contributed by atoms with Crippen LogP contribution in [0.3, 0.4) is 0 Å². The van der Waals surface area contributed by atoms with Gasteiger partial charge in [0.1, 0.15) is 4.90 Å². The Bertz CT molecular complexity index is 1080. The highest BCUT2D eigenvalue weighted by Crippen LogP contribution is 2.28. The minimum atomic E-state index is -4.18. The molecule has 3 amide bonds. The summed E-state index contributed by atoms with van der Waals surface area (Å²) in [7, 11) is -4.18. The smallest absolute Gasteiger partial charge is 0.340 e. The van der Waals surface area contributed by atoms with Crippen LogP contribution in [0.5, 0.6) is 0 Å². The predicted molar refractivity (Wildman–Crippen MR) is 111 cm³/mol. The van der Waals surface area contributed by atoms with Crippen molar-refractivity contribution in [3.05, 3.63) is 58.1 Å². The highest BCUT2D eigenvalue weighted by molar-refractivity contribution is 7.92. The number of carbonyl (C=O) groups is 3. The molecule has 0 fully saturated rings. The molecule has 0 bridgehead atoms. The van der Waals surface area contributed by atoms with E-state index in [1.165, 1.54) is 42.5 Å². The number of esters is 1. The number of amides is 3. The summed E-state index contributed by atoms with van der Waals surface area (Å²) in [6, 6.07) is 8.81. The van der Waals surface area contributed by atoms with Crippen molar-refractivity contribution in [2.75, 3.05) is 17.9 Å². The van der Waals surface area contributed by atoms with Crippen molar-refractivity contribution in [1.29, 1.82) is 0 Å². The van der Waals surface area contributed by atoms with Crippen molar-refractivity contribution in [3.8, 4) is 0 Å². The maximum absolute atomic E-state index is 12.7. The SMILES string of the molecule is CCNC(=O)NC(=O)COC(=O)c1ccccc1NS(=O)(=O)c1cc(Cl)ccc1Cl. The van der Waals surface area contributed by atoms with Crippen LogP contribution in [-0.2, 0) is 19.6 Å². The van der Waals surface area contributed by atoms with E-state index >= 15 is 0 Å². The van der Waals surface area contributed by atoms with Crippen LogP contribution in [0.2, 0.25) is 10.0 Å². The van der Waals surface area contributed by atoms with Crippen molar-refractivity contribution in [2.45, 2.75) is 11.8 Å². The van der Waals surface area contributed by atoms with Gasteiger partial charge in [-0.3, -0.25) is 14.8 Å². The summed E-state index contributed by atoms with van der Waals surface area (Å²) in [5.74, 6) is -1.82. The average Bonchev–Trinajstić information content (AvgIpc) is 2.68. The van der Waals surface area contributed by atoms with Gasteiger partial charge in [-0.05, 0) is 37.3 Å². The second kappa shape index (κ2) is 10.3. The first-order chi connectivity index (χ1) is 14.1. The lowest BCUT2D eigenvalue weighted by atomic mass is 10.2. The molecule has 0 saturated heterocycles. The van der Waals surface area contributed by atoms with Gasteiger partial charge in [0.25, 0.3) is 15.9 Å². The fraction of sp³-hybridized carbons (Fsp3) is 0.167. The molecule has 0 unspecified atom stereocenters. The molecule has 0 aliphatic carbocycles. The Kier molecular flexibility index (Phi) is 8.04. The Morgan fingerprint density at radius 2 is 1.77 bits per heavy atom. The fourth-order valence-electron chi connectivity index (χ4n) is 2.21. The predicted octanol–water partition coefficient (Wildman–Crippen LogP) is 2.80. The number of halogens is 2. The summed E-state index contributed by atoms with van der Waals surface area (Å²) >= 11 is 11.8. The van der Waals surface area contributed by atoms with Crippen LogP contribution < -0.4 is 15.4 Å². The number of hydrogen-bond acceptors (Lipinski definition) is 6. The molecule has 160 valence electrons. The molecule has 0 aromatic heterocycles. The van der Waals surface area contributed by atoms with E-state index in [1.807, 2.05) is 5.32 Å². The van der Waals surface area contributed by atoms with E-state index in [-0.39, 0.29) is 26.2 Å². The summed E-state index contributed by atoms with van der Waals surface area (Å²) < 4.78 is 32.5. The Labute approximate surface area is 182 Å². The van der Waals surface area contributed by atoms with E-state index in [0.29, 0.717) is 6.54 Å². The lowest BCUT2D eigenvalue weighted by molar-refractivity contribution is -0.123. The lowest BCUT2D eigenvalue weighted by Gasteiger charge is -2.13. The monoisotopic (exact) mass is 473 g/mol. The van der Waals surface area contributed by atoms with E-state index in [4.69, 9.17) is 27.9 Å². The Morgan fingerprint density at radius 3 is 2.47 bits per heavy atom. The number of imide groups is 1. The normalized spacial score (nSPS) is 10.8. The van der Waals surface area contributed by atoms with Gasteiger partial charge in [0.2, 0.25) is 0 Å². The van der Waals surface area contributed by atoms with Crippen molar-refractivity contribution in [3.63, 3.8) is 0 Å². The largest absolute Gasteiger partial charge is 0.452 e. The van der Waals surface area contributed by atoms with Crippen LogP contribution in [0.25, 0.3) is 0 Å². The van der Waals surface area contributed by atoms with E-state index in [1.54, 1.807) is 6.92 Å². The standard InChI is InChI=1S/C18H17Cl2N3O6S/c1-2-21-18(26)22-16(24)10-29-17(25)12-5-3-4-6-14(12)23-30(27,28)15-9-11(19)7-8-13(15)20/h3-9,23H,2,10H2,1H3,(H2,21,22,24,26). The molecular weight excluding hydrogens is 457 g/mol. The molecule has 2 rings (SSSR count). The van der Waals surface area contributed by atoms with Crippen LogP contribution in [0.1, 0.15) is 17.3 Å². The molecule has 30 heavy (non-hydrogen) atoms. The maximum Gasteiger partial charge on any atom is 0.340 e. The molecule has 0 aliphatic rings. The highest BCUT2D eigenvalue weighted by Gasteiger charge is 2.22. The van der Waals surface area contributed by atoms with Gasteiger partial charge < -0.3 is 10.1 Å². The number of benzene rings is 2. The van der Waals surface area contributed by atoms with Gasteiger partial charge in [-0.25, -0.2) is 18.0 Å². The van der Waals surface area contributed by atoms with Crippen LogP contribution in [0.4, 0.5) is 10.5 Å². The first kappa shape index (κ1) is 23.5. The summed E-state index contributed by atoms with van der Waals surface area (Å²) in [6.07, 6.45) is 0. The third-order valence-corrected chi connectivity index (χ3v) is 5.58. The van der Waals surface area contributed by atoms with Crippen LogP contribution in [-0.4, -0.2) is 39.5 Å². The molecule has 0 heterocycles. The van der Waals surface area contributed by atoms with Gasteiger partial charge in [-0.15, -0.1) is 0 Å². The number of para-hydroxylation sites is 1. The lowest BCUT2D eigenvalue weighted by Crippen LogP contribution is -2.41. The quantitative estimate of drug-likeness (QED) is 0.529. The molecule has 2 aromatic rings. The fourth-order valence-corrected chi connectivity index (χ4v) is 4.05. The third-order valence-electron chi connectivity index (χ3n) is 3.50. The summed E-state index contributed by atoms with van der Waals surface area (Å²) in [5.41, 5.74) is -0.243. The summed E-state index contributed by atoms with van der Waals surface area (Å²) in [6.45, 7) is 1.23. The average molecular weight is 474 g/mol. The minimum Gasteiger partial charge on any atom is -0.452 e. The van der Waals surface area contributed by atoms with E-state index in [2.05, 4.69) is 10.0 Å². The molecule has 2 aromatic carbocycles. The number of rotatable bonds is 7. The van der Waals surface area contributed by atoms with Crippen LogP contribution in [0.15, 0.2) is 47.4 Å². The van der Waals surface area contributed by atoms with Crippen molar-refractivity contribution >= 4 is 56.8 Å². The molecule has 3 N–H and O–H groups in total. The second-order valence-electron chi connectivity index (χ2n) is 5.71. The van der Waals surface area contributed by atoms with E-state index in [9.17, 15) is 22.8 Å². The zero-order valence-corrected chi connectivity index (χ0v) is 17.9. The van der Waals surface area contributed by atoms with Gasteiger partial charge in [0, 0.05) is 11.6 Å². The maximum atomic E-state index is 12.7. The molecule has 12 heteroatoms. The van der Waals surface area contributed by atoms with Gasteiger partial charge in [0.05, 0.1) is 16.3 Å².